The van der Waals surface area contributed by atoms with Crippen LogP contribution in [0.15, 0.2) is 48.6 Å². The minimum atomic E-state index is -1.28. The van der Waals surface area contributed by atoms with Gasteiger partial charge in [0.2, 0.25) is 5.91 Å². The molecule has 2 saturated heterocycles. The van der Waals surface area contributed by atoms with Crippen molar-refractivity contribution in [2.24, 2.45) is 11.8 Å². The molecule has 0 saturated carbocycles. The van der Waals surface area contributed by atoms with E-state index in [2.05, 4.69) is 0 Å². The fourth-order valence-electron chi connectivity index (χ4n) is 6.13. The second-order valence-corrected chi connectivity index (χ2v) is 10.5. The molecule has 37 heavy (non-hydrogen) atoms. The summed E-state index contributed by atoms with van der Waals surface area (Å²) in [6, 6.07) is 6.20. The summed E-state index contributed by atoms with van der Waals surface area (Å²) in [6.45, 7) is 1.03. The molecule has 1 N–H and O–H groups in total. The number of aliphatic hydroxyl groups excluding tert-OH is 1. The smallest absolute Gasteiger partial charge is 0.312 e. The Bertz CT molecular complexity index is 1110. The van der Waals surface area contributed by atoms with Gasteiger partial charge in [-0.2, -0.15) is 0 Å². The van der Waals surface area contributed by atoms with Crippen LogP contribution in [-0.4, -0.2) is 71.8 Å². The molecule has 4 heterocycles. The number of amides is 2. The van der Waals surface area contributed by atoms with E-state index in [1.165, 1.54) is 0 Å². The van der Waals surface area contributed by atoms with E-state index in [1.54, 1.807) is 28.0 Å². The standard InChI is InChI=1S/C28H33ClN2O6/c29-19-11-5-6-12-20(19)30-16-10-14-28-23(22-21(37-28)13-4-3-9-18-36-27(22)35)25(33)31(24(28)26(30)34)15-7-1-2-8-17-32/h4-6,10-14,21-24,32H,1-3,7-9,15-18H2/b13-4-/t21-,22+,23+,24?,28+/m1/s1. The van der Waals surface area contributed by atoms with Crippen LogP contribution in [0.25, 0.3) is 0 Å². The lowest BCUT2D eigenvalue weighted by molar-refractivity contribution is -0.154. The minimum absolute atomic E-state index is 0.124. The summed E-state index contributed by atoms with van der Waals surface area (Å²) >= 11 is 6.48. The van der Waals surface area contributed by atoms with E-state index in [0.29, 0.717) is 36.5 Å². The normalized spacial score (nSPS) is 32.1. The number of carbonyl (C=O) groups excluding carboxylic acids is 3. The fourth-order valence-corrected chi connectivity index (χ4v) is 6.37. The highest BCUT2D eigenvalue weighted by molar-refractivity contribution is 6.34. The number of nitrogens with zero attached hydrogens (tertiary/aromatic N) is 2. The van der Waals surface area contributed by atoms with Crippen LogP contribution in [0.4, 0.5) is 5.69 Å². The van der Waals surface area contributed by atoms with Gasteiger partial charge in [-0.3, -0.25) is 14.4 Å². The van der Waals surface area contributed by atoms with Crippen LogP contribution < -0.4 is 4.90 Å². The second kappa shape index (κ2) is 11.0. The number of cyclic esters (lactones) is 1. The number of rotatable bonds is 7. The van der Waals surface area contributed by atoms with Crippen LogP contribution in [0.3, 0.4) is 0 Å². The molecule has 4 aliphatic rings. The number of hydrogen-bond donors (Lipinski definition) is 1. The molecule has 1 aromatic rings. The van der Waals surface area contributed by atoms with Crippen LogP contribution in [-0.2, 0) is 23.9 Å². The van der Waals surface area contributed by atoms with Gasteiger partial charge in [0.05, 0.1) is 29.3 Å². The van der Waals surface area contributed by atoms with Gasteiger partial charge < -0.3 is 24.4 Å². The van der Waals surface area contributed by atoms with E-state index in [-0.39, 0.29) is 31.6 Å². The lowest BCUT2D eigenvalue weighted by Crippen LogP contribution is -2.55. The molecule has 2 fully saturated rings. The number of aliphatic hydroxyl groups is 1. The maximum absolute atomic E-state index is 14.3. The Hall–Kier alpha value is -2.68. The molecule has 198 valence electrons. The molecule has 8 nitrogen and oxygen atoms in total. The number of benzene rings is 1. The maximum atomic E-state index is 14.3. The lowest BCUT2D eigenvalue weighted by atomic mass is 9.78. The second-order valence-electron chi connectivity index (χ2n) is 10.1. The molecule has 1 unspecified atom stereocenters. The Morgan fingerprint density at radius 1 is 1.05 bits per heavy atom. The van der Waals surface area contributed by atoms with Gasteiger partial charge in [-0.25, -0.2) is 0 Å². The topological polar surface area (TPSA) is 96.4 Å². The number of fused-ring (bicyclic) bond motifs is 2. The van der Waals surface area contributed by atoms with E-state index in [9.17, 15) is 14.4 Å². The van der Waals surface area contributed by atoms with Gasteiger partial charge >= 0.3 is 5.97 Å². The first kappa shape index (κ1) is 25.9. The highest BCUT2D eigenvalue weighted by atomic mass is 35.5. The molecule has 9 heteroatoms. The summed E-state index contributed by atoms with van der Waals surface area (Å²) in [5.74, 6) is -2.69. The van der Waals surface area contributed by atoms with Gasteiger partial charge in [0, 0.05) is 19.7 Å². The first-order chi connectivity index (χ1) is 18.0. The molecule has 5 atom stereocenters. The van der Waals surface area contributed by atoms with Crippen molar-refractivity contribution in [3.8, 4) is 0 Å². The van der Waals surface area contributed by atoms with Crippen LogP contribution in [0.1, 0.15) is 38.5 Å². The number of unbranched alkanes of at least 4 members (excludes halogenated alkanes) is 3. The fraction of sp³-hybridized carbons (Fsp3) is 0.536. The Morgan fingerprint density at radius 3 is 2.68 bits per heavy atom. The SMILES string of the molecule is O=C1OCCC/C=C\[C@H]2O[C@]34C=CCN(c5ccccc5Cl)C(=O)C3N(CCCCCCO)C(=O)[C@@H]4[C@@H]12. The number of esters is 1. The molecular formula is C28H33ClN2O6. The molecule has 2 amide bonds. The number of likely N-dealkylation sites (tertiary alicyclic amines) is 1. The predicted molar refractivity (Wildman–Crippen MR) is 138 cm³/mol. The lowest BCUT2D eigenvalue weighted by Gasteiger charge is -2.35. The monoisotopic (exact) mass is 528 g/mol. The van der Waals surface area contributed by atoms with Gasteiger partial charge in [-0.1, -0.05) is 60.9 Å². The average molecular weight is 529 g/mol. The molecule has 0 aromatic heterocycles. The Labute approximate surface area is 221 Å². The van der Waals surface area contributed by atoms with Gasteiger partial charge in [0.1, 0.15) is 17.6 Å². The van der Waals surface area contributed by atoms with Crippen molar-refractivity contribution in [2.75, 3.05) is 31.2 Å². The third-order valence-electron chi connectivity index (χ3n) is 7.80. The highest BCUT2D eigenvalue weighted by Gasteiger charge is 2.71. The van der Waals surface area contributed by atoms with E-state index in [0.717, 1.165) is 19.3 Å². The summed E-state index contributed by atoms with van der Waals surface area (Å²) < 4.78 is 12.1. The molecule has 4 aliphatic heterocycles. The number of hydrogen-bond acceptors (Lipinski definition) is 6. The van der Waals surface area contributed by atoms with E-state index >= 15 is 0 Å². The number of ether oxygens (including phenoxy) is 2. The van der Waals surface area contributed by atoms with E-state index in [1.807, 2.05) is 30.4 Å². The summed E-state index contributed by atoms with van der Waals surface area (Å²) in [6.07, 6.45) is 11.3. The largest absolute Gasteiger partial charge is 0.465 e. The van der Waals surface area contributed by atoms with Gasteiger partial charge in [-0.05, 0) is 37.8 Å². The van der Waals surface area contributed by atoms with Crippen molar-refractivity contribution in [3.63, 3.8) is 0 Å². The number of allylic oxidation sites excluding steroid dienone is 1. The molecular weight excluding hydrogens is 496 g/mol. The zero-order chi connectivity index (χ0) is 26.0. The van der Waals surface area contributed by atoms with Crippen LogP contribution in [0.5, 0.6) is 0 Å². The zero-order valence-corrected chi connectivity index (χ0v) is 21.5. The van der Waals surface area contributed by atoms with Gasteiger partial charge in [0.15, 0.2) is 0 Å². The van der Waals surface area contributed by atoms with Crippen molar-refractivity contribution < 1.29 is 29.0 Å². The summed E-state index contributed by atoms with van der Waals surface area (Å²) in [4.78, 5) is 44.8. The first-order valence-corrected chi connectivity index (χ1v) is 13.5. The van der Waals surface area contributed by atoms with Gasteiger partial charge in [0.25, 0.3) is 5.91 Å². The molecule has 0 aliphatic carbocycles. The Morgan fingerprint density at radius 2 is 1.86 bits per heavy atom. The van der Waals surface area contributed by atoms with Crippen LogP contribution in [0, 0.1) is 11.8 Å². The highest BCUT2D eigenvalue weighted by Crippen LogP contribution is 2.53. The van der Waals surface area contributed by atoms with Crippen molar-refractivity contribution in [2.45, 2.75) is 56.3 Å². The number of halogens is 1. The molecule has 5 rings (SSSR count). The third-order valence-corrected chi connectivity index (χ3v) is 8.12. The van der Waals surface area contributed by atoms with E-state index < -0.39 is 35.6 Å². The predicted octanol–water partition coefficient (Wildman–Crippen LogP) is 3.27. The maximum Gasteiger partial charge on any atom is 0.312 e. The summed E-state index contributed by atoms with van der Waals surface area (Å²) in [5.41, 5.74) is -0.720. The average Bonchev–Trinajstić information content (AvgIpc) is 3.29. The quantitative estimate of drug-likeness (QED) is 0.331. The molecule has 0 bridgehead atoms. The molecule has 0 radical (unpaired) electrons. The van der Waals surface area contributed by atoms with Crippen molar-refractivity contribution >= 4 is 35.1 Å². The summed E-state index contributed by atoms with van der Waals surface area (Å²) in [5, 5.41) is 9.54. The van der Waals surface area contributed by atoms with Crippen LogP contribution in [0.2, 0.25) is 5.02 Å². The zero-order valence-electron chi connectivity index (χ0n) is 20.8. The van der Waals surface area contributed by atoms with Crippen molar-refractivity contribution in [1.82, 2.24) is 4.90 Å². The Balaban J connectivity index is 1.55. The van der Waals surface area contributed by atoms with Crippen LogP contribution >= 0.6 is 11.6 Å². The third kappa shape index (κ3) is 4.60. The number of carbonyl (C=O) groups is 3. The summed E-state index contributed by atoms with van der Waals surface area (Å²) in [7, 11) is 0. The van der Waals surface area contributed by atoms with Crippen molar-refractivity contribution in [3.05, 3.63) is 53.6 Å². The molecule has 1 aromatic carbocycles. The van der Waals surface area contributed by atoms with E-state index in [4.69, 9.17) is 26.2 Å². The number of para-hydroxylation sites is 1. The Kier molecular flexibility index (Phi) is 7.70. The minimum Gasteiger partial charge on any atom is -0.465 e. The first-order valence-electron chi connectivity index (χ1n) is 13.2. The van der Waals surface area contributed by atoms with Gasteiger partial charge in [-0.15, -0.1) is 0 Å². The van der Waals surface area contributed by atoms with Crippen molar-refractivity contribution in [1.29, 1.82) is 0 Å². The number of anilines is 1. The molecule has 1 spiro atoms.